The first-order valence-corrected chi connectivity index (χ1v) is 5.80. The van der Waals surface area contributed by atoms with Gasteiger partial charge in [0.25, 0.3) is 0 Å². The Kier molecular flexibility index (Phi) is 3.12. The molecular weight excluding hydrogens is 218 g/mol. The number of nitrogens with one attached hydrogen (secondary N) is 2. The van der Waals surface area contributed by atoms with Crippen molar-refractivity contribution < 1.29 is 0 Å². The number of H-pyrrole nitrogens is 1. The molecule has 2 rings (SSSR count). The minimum Gasteiger partial charge on any atom is -0.370 e. The standard InChI is InChI=1S/C11H17N5O/c1-4-7(2)6-12-9-5-10-14-15-11(17)16(10)8(3)13-9/h5,7,12H,4,6H2,1-3H3,(H,15,17). The summed E-state index contributed by atoms with van der Waals surface area (Å²) in [4.78, 5) is 15.7. The Hall–Kier alpha value is -1.85. The summed E-state index contributed by atoms with van der Waals surface area (Å²) in [6.45, 7) is 6.99. The number of aryl methyl sites for hydroxylation is 1. The fourth-order valence-electron chi connectivity index (χ4n) is 1.61. The topological polar surface area (TPSA) is 75.1 Å². The smallest absolute Gasteiger partial charge is 0.349 e. The molecule has 2 heterocycles. The van der Waals surface area contributed by atoms with E-state index in [1.807, 2.05) is 0 Å². The minimum absolute atomic E-state index is 0.251. The van der Waals surface area contributed by atoms with Crippen molar-refractivity contribution in [2.75, 3.05) is 11.9 Å². The molecule has 92 valence electrons. The number of nitrogens with zero attached hydrogens (tertiary/aromatic N) is 3. The minimum atomic E-state index is -0.251. The SMILES string of the molecule is CCC(C)CNc1cc2n[nH]c(=O)n2c(C)n1. The molecule has 0 spiro atoms. The quantitative estimate of drug-likeness (QED) is 0.834. The highest BCUT2D eigenvalue weighted by atomic mass is 16.1. The lowest BCUT2D eigenvalue weighted by atomic mass is 10.1. The van der Waals surface area contributed by atoms with Crippen LogP contribution in [-0.4, -0.2) is 26.1 Å². The summed E-state index contributed by atoms with van der Waals surface area (Å²) >= 11 is 0. The van der Waals surface area contributed by atoms with E-state index in [0.29, 0.717) is 17.4 Å². The van der Waals surface area contributed by atoms with Gasteiger partial charge >= 0.3 is 5.69 Å². The summed E-state index contributed by atoms with van der Waals surface area (Å²) in [5.41, 5.74) is 0.340. The highest BCUT2D eigenvalue weighted by Crippen LogP contribution is 2.09. The first kappa shape index (κ1) is 11.6. The van der Waals surface area contributed by atoms with Crippen LogP contribution in [0.25, 0.3) is 5.65 Å². The van der Waals surface area contributed by atoms with Crippen LogP contribution < -0.4 is 11.0 Å². The van der Waals surface area contributed by atoms with Crippen molar-refractivity contribution in [2.24, 2.45) is 5.92 Å². The van der Waals surface area contributed by atoms with Crippen LogP contribution in [0.15, 0.2) is 10.9 Å². The van der Waals surface area contributed by atoms with Gasteiger partial charge in [0.15, 0.2) is 5.65 Å². The number of hydrogen-bond donors (Lipinski definition) is 2. The summed E-state index contributed by atoms with van der Waals surface area (Å²) in [5, 5.41) is 9.60. The second kappa shape index (κ2) is 4.57. The van der Waals surface area contributed by atoms with Crippen LogP contribution in [0.5, 0.6) is 0 Å². The van der Waals surface area contributed by atoms with Gasteiger partial charge in [0.2, 0.25) is 0 Å². The lowest BCUT2D eigenvalue weighted by Crippen LogP contribution is -2.16. The first-order valence-electron chi connectivity index (χ1n) is 5.80. The van der Waals surface area contributed by atoms with Crippen molar-refractivity contribution >= 4 is 11.5 Å². The van der Waals surface area contributed by atoms with E-state index in [-0.39, 0.29) is 5.69 Å². The van der Waals surface area contributed by atoms with Gasteiger partial charge in [-0.3, -0.25) is 0 Å². The molecule has 0 fully saturated rings. The number of anilines is 1. The number of aromatic amines is 1. The van der Waals surface area contributed by atoms with Gasteiger partial charge < -0.3 is 5.32 Å². The second-order valence-corrected chi connectivity index (χ2v) is 4.31. The maximum absolute atomic E-state index is 11.4. The maximum atomic E-state index is 11.4. The van der Waals surface area contributed by atoms with Gasteiger partial charge in [0.05, 0.1) is 0 Å². The van der Waals surface area contributed by atoms with Crippen LogP contribution in [0, 0.1) is 12.8 Å². The number of hydrogen-bond acceptors (Lipinski definition) is 4. The van der Waals surface area contributed by atoms with E-state index in [1.54, 1.807) is 13.0 Å². The van der Waals surface area contributed by atoms with Gasteiger partial charge in [-0.2, -0.15) is 5.10 Å². The zero-order chi connectivity index (χ0) is 12.4. The molecule has 0 saturated heterocycles. The summed E-state index contributed by atoms with van der Waals surface area (Å²) in [7, 11) is 0. The predicted molar refractivity (Wildman–Crippen MR) is 66.3 cm³/mol. The lowest BCUT2D eigenvalue weighted by molar-refractivity contribution is 0.592. The predicted octanol–water partition coefficient (Wildman–Crippen LogP) is 1.18. The first-order chi connectivity index (χ1) is 8.11. The molecule has 0 radical (unpaired) electrons. The average molecular weight is 235 g/mol. The van der Waals surface area contributed by atoms with E-state index < -0.39 is 0 Å². The van der Waals surface area contributed by atoms with Crippen LogP contribution in [0.1, 0.15) is 26.1 Å². The van der Waals surface area contributed by atoms with E-state index in [2.05, 4.69) is 34.3 Å². The average Bonchev–Trinajstić information content (AvgIpc) is 2.68. The van der Waals surface area contributed by atoms with Crippen LogP contribution in [0.2, 0.25) is 0 Å². The van der Waals surface area contributed by atoms with E-state index >= 15 is 0 Å². The Morgan fingerprint density at radius 1 is 1.59 bits per heavy atom. The number of fused-ring (bicyclic) bond motifs is 1. The van der Waals surface area contributed by atoms with Crippen molar-refractivity contribution in [3.8, 4) is 0 Å². The van der Waals surface area contributed by atoms with Crippen molar-refractivity contribution in [2.45, 2.75) is 27.2 Å². The van der Waals surface area contributed by atoms with Crippen LogP contribution in [-0.2, 0) is 0 Å². The molecule has 6 nitrogen and oxygen atoms in total. The fraction of sp³-hybridized carbons (Fsp3) is 0.545. The van der Waals surface area contributed by atoms with E-state index in [4.69, 9.17) is 0 Å². The van der Waals surface area contributed by atoms with Gasteiger partial charge in [-0.25, -0.2) is 19.3 Å². The van der Waals surface area contributed by atoms with Crippen molar-refractivity contribution in [3.05, 3.63) is 22.4 Å². The molecule has 17 heavy (non-hydrogen) atoms. The van der Waals surface area contributed by atoms with Crippen LogP contribution >= 0.6 is 0 Å². The summed E-state index contributed by atoms with van der Waals surface area (Å²) in [6.07, 6.45) is 1.12. The molecule has 1 atom stereocenters. The molecule has 0 aromatic carbocycles. The fourth-order valence-corrected chi connectivity index (χ4v) is 1.61. The van der Waals surface area contributed by atoms with Gasteiger partial charge in [-0.05, 0) is 12.8 Å². The van der Waals surface area contributed by atoms with Crippen molar-refractivity contribution in [1.82, 2.24) is 19.6 Å². The molecule has 2 aromatic heterocycles. The van der Waals surface area contributed by atoms with Crippen molar-refractivity contribution in [3.63, 3.8) is 0 Å². The maximum Gasteiger partial charge on any atom is 0.349 e. The Bertz CT molecular complexity index is 571. The summed E-state index contributed by atoms with van der Waals surface area (Å²) in [5.74, 6) is 1.98. The molecule has 1 unspecified atom stereocenters. The Labute approximate surface area is 99.1 Å². The number of rotatable bonds is 4. The molecule has 2 N–H and O–H groups in total. The highest BCUT2D eigenvalue weighted by molar-refractivity contribution is 5.49. The Morgan fingerprint density at radius 2 is 2.35 bits per heavy atom. The third kappa shape index (κ3) is 2.30. The third-order valence-corrected chi connectivity index (χ3v) is 2.90. The lowest BCUT2D eigenvalue weighted by Gasteiger charge is -2.11. The molecule has 0 aliphatic heterocycles. The van der Waals surface area contributed by atoms with Crippen LogP contribution in [0.4, 0.5) is 5.82 Å². The highest BCUT2D eigenvalue weighted by Gasteiger charge is 2.07. The Balaban J connectivity index is 2.28. The van der Waals surface area contributed by atoms with E-state index in [1.165, 1.54) is 4.40 Å². The zero-order valence-electron chi connectivity index (χ0n) is 10.3. The monoisotopic (exact) mass is 235 g/mol. The van der Waals surface area contributed by atoms with E-state index in [9.17, 15) is 4.79 Å². The second-order valence-electron chi connectivity index (χ2n) is 4.31. The molecular formula is C11H17N5O. The van der Waals surface area contributed by atoms with Gasteiger partial charge in [0.1, 0.15) is 11.6 Å². The van der Waals surface area contributed by atoms with E-state index in [0.717, 1.165) is 18.8 Å². The largest absolute Gasteiger partial charge is 0.370 e. The molecule has 2 aromatic rings. The summed E-state index contributed by atoms with van der Waals surface area (Å²) < 4.78 is 1.45. The number of aromatic nitrogens is 4. The van der Waals surface area contributed by atoms with Gasteiger partial charge in [-0.15, -0.1) is 0 Å². The van der Waals surface area contributed by atoms with Crippen molar-refractivity contribution in [1.29, 1.82) is 0 Å². The van der Waals surface area contributed by atoms with Gasteiger partial charge in [-0.1, -0.05) is 20.3 Å². The Morgan fingerprint density at radius 3 is 3.06 bits per heavy atom. The normalized spacial score (nSPS) is 12.9. The molecule has 0 saturated carbocycles. The molecule has 6 heteroatoms. The third-order valence-electron chi connectivity index (χ3n) is 2.90. The molecule has 0 aliphatic rings. The molecule has 0 aliphatic carbocycles. The van der Waals surface area contributed by atoms with Crippen LogP contribution in [0.3, 0.4) is 0 Å². The zero-order valence-corrected chi connectivity index (χ0v) is 10.3. The summed E-state index contributed by atoms with van der Waals surface area (Å²) in [6, 6.07) is 1.77. The van der Waals surface area contributed by atoms with Gasteiger partial charge in [0, 0.05) is 12.6 Å². The molecule has 0 bridgehead atoms. The molecule has 0 amide bonds.